The number of alkyl halides is 1. The van der Waals surface area contributed by atoms with Crippen LogP contribution in [0.2, 0.25) is 5.02 Å². The average molecular weight is 455 g/mol. The average Bonchev–Trinajstić information content (AvgIpc) is 2.77. The van der Waals surface area contributed by atoms with Crippen LogP contribution in [0, 0.1) is 0 Å². The fraction of sp³-hybridized carbons (Fsp3) is 0.333. The van der Waals surface area contributed by atoms with Crippen molar-refractivity contribution in [1.82, 2.24) is 9.80 Å². The Morgan fingerprint density at radius 3 is 2.28 bits per heavy atom. The lowest BCUT2D eigenvalue weighted by Crippen LogP contribution is -2.49. The molecule has 3 rings (SSSR count). The second-order valence-electron chi connectivity index (χ2n) is 6.84. The molecule has 0 N–H and O–H groups in total. The van der Waals surface area contributed by atoms with E-state index in [-0.39, 0.29) is 11.8 Å². The predicted molar refractivity (Wildman–Crippen MR) is 118 cm³/mol. The number of rotatable bonds is 6. The van der Waals surface area contributed by atoms with E-state index in [9.17, 15) is 9.59 Å². The molecule has 0 aliphatic carbocycles. The summed E-state index contributed by atoms with van der Waals surface area (Å²) in [6.45, 7) is 3.78. The molecule has 1 saturated heterocycles. The van der Waals surface area contributed by atoms with Gasteiger partial charge in [0.15, 0.2) is 0 Å². The Labute approximate surface area is 185 Å². The lowest BCUT2D eigenvalue weighted by molar-refractivity contribution is -0.115. The Bertz CT molecular complexity index is 853. The fourth-order valence-corrected chi connectivity index (χ4v) is 3.81. The number of anilines is 1. The van der Waals surface area contributed by atoms with Crippen molar-refractivity contribution in [3.63, 3.8) is 0 Å². The summed E-state index contributed by atoms with van der Waals surface area (Å²) < 4.78 is 0.919. The van der Waals surface area contributed by atoms with Gasteiger partial charge in [0, 0.05) is 49.5 Å². The zero-order valence-corrected chi connectivity index (χ0v) is 18.1. The number of carbonyl (C=O) groups is 2. The number of amides is 2. The van der Waals surface area contributed by atoms with Gasteiger partial charge in [-0.15, -0.1) is 11.6 Å². The molecule has 0 saturated carbocycles. The number of benzene rings is 2. The Hall–Kier alpha value is -1.79. The lowest BCUT2D eigenvalue weighted by atomic mass is 10.1. The van der Waals surface area contributed by atoms with Gasteiger partial charge in [0.2, 0.25) is 0 Å². The number of hydrogen-bond acceptors (Lipinski definition) is 3. The maximum atomic E-state index is 13.0. The van der Waals surface area contributed by atoms with Crippen molar-refractivity contribution >= 4 is 52.5 Å². The van der Waals surface area contributed by atoms with Gasteiger partial charge in [-0.05, 0) is 36.2 Å². The van der Waals surface area contributed by atoms with Gasteiger partial charge in [0.25, 0.3) is 11.8 Å². The highest BCUT2D eigenvalue weighted by Crippen LogP contribution is 2.25. The van der Waals surface area contributed by atoms with Gasteiger partial charge in [0.1, 0.15) is 5.88 Å². The third-order valence-corrected chi connectivity index (χ3v) is 5.82. The number of carbonyl (C=O) groups excluding carboxylic acids is 2. The topological polar surface area (TPSA) is 43.9 Å². The van der Waals surface area contributed by atoms with Crippen molar-refractivity contribution in [3.05, 3.63) is 64.7 Å². The van der Waals surface area contributed by atoms with Gasteiger partial charge in [-0.25, -0.2) is 4.42 Å². The minimum Gasteiger partial charge on any atom is -0.336 e. The molecule has 1 heterocycles. The van der Waals surface area contributed by atoms with Crippen LogP contribution in [0.1, 0.15) is 15.9 Å². The first-order valence-electron chi connectivity index (χ1n) is 9.39. The summed E-state index contributed by atoms with van der Waals surface area (Å²) in [6.07, 6.45) is 0.940. The summed E-state index contributed by atoms with van der Waals surface area (Å²) >= 11 is 17.6. The highest BCUT2D eigenvalue weighted by molar-refractivity contribution is 6.42. The SMILES string of the molecule is O=C(c1ccccc1N(Cl)C(=O)CCl)N1CCN(CCc2ccc(Cl)cc2)CC1. The van der Waals surface area contributed by atoms with Crippen LogP contribution in [0.25, 0.3) is 0 Å². The highest BCUT2D eigenvalue weighted by atomic mass is 35.5. The second-order valence-corrected chi connectivity index (χ2v) is 7.88. The molecule has 8 heteroatoms. The zero-order chi connectivity index (χ0) is 20.8. The first-order valence-corrected chi connectivity index (χ1v) is 10.6. The molecule has 5 nitrogen and oxygen atoms in total. The van der Waals surface area contributed by atoms with E-state index in [4.69, 9.17) is 35.0 Å². The number of para-hydroxylation sites is 1. The van der Waals surface area contributed by atoms with Crippen LogP contribution in [-0.2, 0) is 11.2 Å². The Morgan fingerprint density at radius 2 is 1.62 bits per heavy atom. The Kier molecular flexibility index (Phi) is 7.78. The molecule has 1 aliphatic rings. The predicted octanol–water partition coefficient (Wildman–Crippen LogP) is 4.07. The van der Waals surface area contributed by atoms with Crippen molar-refractivity contribution in [3.8, 4) is 0 Å². The molecular weight excluding hydrogens is 433 g/mol. The zero-order valence-electron chi connectivity index (χ0n) is 15.9. The van der Waals surface area contributed by atoms with Crippen molar-refractivity contribution in [1.29, 1.82) is 0 Å². The van der Waals surface area contributed by atoms with Crippen LogP contribution >= 0.6 is 35.0 Å². The van der Waals surface area contributed by atoms with Gasteiger partial charge in [-0.3, -0.25) is 14.5 Å². The minimum absolute atomic E-state index is 0.133. The molecule has 2 aromatic rings. The molecule has 1 fully saturated rings. The van der Waals surface area contributed by atoms with Crippen LogP contribution in [0.15, 0.2) is 48.5 Å². The van der Waals surface area contributed by atoms with Crippen LogP contribution in [0.5, 0.6) is 0 Å². The number of piperazine rings is 1. The number of nitrogens with zero attached hydrogens (tertiary/aromatic N) is 3. The molecule has 29 heavy (non-hydrogen) atoms. The molecule has 1 aliphatic heterocycles. The fourth-order valence-electron chi connectivity index (χ4n) is 3.30. The van der Waals surface area contributed by atoms with Gasteiger partial charge >= 0.3 is 0 Å². The number of hydrogen-bond donors (Lipinski definition) is 0. The minimum atomic E-state index is -0.472. The molecule has 154 valence electrons. The molecule has 2 aromatic carbocycles. The van der Waals surface area contributed by atoms with Crippen molar-refractivity contribution in [2.45, 2.75) is 6.42 Å². The van der Waals surface area contributed by atoms with Crippen LogP contribution < -0.4 is 4.42 Å². The molecule has 2 amide bonds. The first-order chi connectivity index (χ1) is 14.0. The summed E-state index contributed by atoms with van der Waals surface area (Å²) in [7, 11) is 0. The normalized spacial score (nSPS) is 14.7. The van der Waals surface area contributed by atoms with Gasteiger partial charge in [-0.1, -0.05) is 35.9 Å². The smallest absolute Gasteiger partial charge is 0.256 e. The Balaban J connectivity index is 1.58. The third kappa shape index (κ3) is 5.64. The third-order valence-electron chi connectivity index (χ3n) is 4.97. The van der Waals surface area contributed by atoms with E-state index in [1.165, 1.54) is 5.56 Å². The van der Waals surface area contributed by atoms with E-state index in [1.807, 2.05) is 24.3 Å². The molecule has 0 radical (unpaired) electrons. The first kappa shape index (κ1) is 21.9. The van der Waals surface area contributed by atoms with E-state index in [0.29, 0.717) is 24.3 Å². The van der Waals surface area contributed by atoms with E-state index >= 15 is 0 Å². The van der Waals surface area contributed by atoms with Gasteiger partial charge in [-0.2, -0.15) is 0 Å². The summed E-state index contributed by atoms with van der Waals surface area (Å²) in [5.74, 6) is -0.857. The van der Waals surface area contributed by atoms with E-state index < -0.39 is 5.91 Å². The largest absolute Gasteiger partial charge is 0.336 e. The van der Waals surface area contributed by atoms with Gasteiger partial charge in [0.05, 0.1) is 11.3 Å². The summed E-state index contributed by atoms with van der Waals surface area (Å²) in [6, 6.07) is 14.7. The van der Waals surface area contributed by atoms with Crippen LogP contribution in [0.4, 0.5) is 5.69 Å². The van der Waals surface area contributed by atoms with E-state index in [2.05, 4.69) is 4.90 Å². The summed E-state index contributed by atoms with van der Waals surface area (Å²) in [4.78, 5) is 29.0. The Morgan fingerprint density at radius 1 is 0.966 bits per heavy atom. The second kappa shape index (κ2) is 10.3. The monoisotopic (exact) mass is 453 g/mol. The molecule has 0 spiro atoms. The summed E-state index contributed by atoms with van der Waals surface area (Å²) in [5, 5.41) is 0.740. The van der Waals surface area contributed by atoms with E-state index in [1.54, 1.807) is 29.2 Å². The van der Waals surface area contributed by atoms with Crippen molar-refractivity contribution in [2.75, 3.05) is 43.0 Å². The van der Waals surface area contributed by atoms with Crippen LogP contribution in [0.3, 0.4) is 0 Å². The maximum Gasteiger partial charge on any atom is 0.256 e. The quantitative estimate of drug-likeness (QED) is 0.488. The van der Waals surface area contributed by atoms with Crippen molar-refractivity contribution < 1.29 is 9.59 Å². The molecule has 0 atom stereocenters. The van der Waals surface area contributed by atoms with Crippen molar-refractivity contribution in [2.24, 2.45) is 0 Å². The molecule has 0 aromatic heterocycles. The van der Waals surface area contributed by atoms with Gasteiger partial charge < -0.3 is 4.90 Å². The standard InChI is InChI=1S/C21H22Cl3N3O2/c22-15-20(28)27(24)19-4-2-1-3-18(19)21(29)26-13-11-25(12-14-26)10-9-16-5-7-17(23)8-6-16/h1-8H,9-15H2. The van der Waals surface area contributed by atoms with E-state index in [0.717, 1.165) is 35.5 Å². The maximum absolute atomic E-state index is 13.0. The summed E-state index contributed by atoms with van der Waals surface area (Å²) in [5.41, 5.74) is 2.00. The number of halogens is 3. The molecular formula is C21H22Cl3N3O2. The molecule has 0 bridgehead atoms. The lowest BCUT2D eigenvalue weighted by Gasteiger charge is -2.35. The highest BCUT2D eigenvalue weighted by Gasteiger charge is 2.26. The molecule has 0 unspecified atom stereocenters. The van der Waals surface area contributed by atoms with Crippen LogP contribution in [-0.4, -0.2) is 60.2 Å².